The summed E-state index contributed by atoms with van der Waals surface area (Å²) in [6.45, 7) is 11.9. The highest BCUT2D eigenvalue weighted by Crippen LogP contribution is 2.25. The van der Waals surface area contributed by atoms with Gasteiger partial charge in [-0.2, -0.15) is 0 Å². The summed E-state index contributed by atoms with van der Waals surface area (Å²) in [5.41, 5.74) is 4.53. The number of benzene rings is 1. The maximum Gasteiger partial charge on any atom is 0.272 e. The lowest BCUT2D eigenvalue weighted by atomic mass is 10.1. The van der Waals surface area contributed by atoms with Gasteiger partial charge < -0.3 is 15.1 Å². The molecule has 1 aliphatic heterocycles. The number of amides is 1. The number of anilines is 3. The lowest BCUT2D eigenvalue weighted by molar-refractivity contribution is 0.0787. The monoisotopic (exact) mass is 367 g/mol. The van der Waals surface area contributed by atoms with Gasteiger partial charge in [-0.1, -0.05) is 0 Å². The van der Waals surface area contributed by atoms with Crippen LogP contribution < -0.4 is 10.2 Å². The Morgan fingerprint density at radius 2 is 1.81 bits per heavy atom. The average molecular weight is 367 g/mol. The third kappa shape index (κ3) is 4.38. The first-order valence-electron chi connectivity index (χ1n) is 9.79. The molecule has 27 heavy (non-hydrogen) atoms. The molecule has 0 radical (unpaired) electrons. The average Bonchev–Trinajstić information content (AvgIpc) is 3.18. The topological polar surface area (TPSA) is 61.4 Å². The maximum atomic E-state index is 12.7. The molecule has 1 fully saturated rings. The Hall–Kier alpha value is -2.63. The van der Waals surface area contributed by atoms with Crippen molar-refractivity contribution in [2.24, 2.45) is 0 Å². The fourth-order valence-electron chi connectivity index (χ4n) is 3.51. The van der Waals surface area contributed by atoms with Gasteiger partial charge in [-0.05, 0) is 70.4 Å². The van der Waals surface area contributed by atoms with Crippen molar-refractivity contribution in [2.75, 3.05) is 36.4 Å². The van der Waals surface area contributed by atoms with Crippen molar-refractivity contribution in [2.45, 2.75) is 40.5 Å². The second-order valence-electron chi connectivity index (χ2n) is 7.01. The van der Waals surface area contributed by atoms with Crippen molar-refractivity contribution in [1.82, 2.24) is 14.9 Å². The molecule has 0 bridgehead atoms. The highest BCUT2D eigenvalue weighted by Gasteiger charge is 2.21. The molecule has 2 aromatic rings. The molecular weight excluding hydrogens is 338 g/mol. The van der Waals surface area contributed by atoms with Crippen LogP contribution in [0.4, 0.5) is 17.3 Å². The smallest absolute Gasteiger partial charge is 0.272 e. The lowest BCUT2D eigenvalue weighted by Gasteiger charge is -2.22. The Bertz CT molecular complexity index is 810. The van der Waals surface area contributed by atoms with Gasteiger partial charge in [-0.3, -0.25) is 4.79 Å². The number of nitrogens with one attached hydrogen (secondary N) is 1. The highest BCUT2D eigenvalue weighted by atomic mass is 16.2. The predicted molar refractivity (Wildman–Crippen MR) is 110 cm³/mol. The molecule has 1 amide bonds. The Labute approximate surface area is 161 Å². The lowest BCUT2D eigenvalue weighted by Crippen LogP contribution is -2.28. The Kier molecular flexibility index (Phi) is 5.94. The molecule has 6 heteroatoms. The van der Waals surface area contributed by atoms with Crippen LogP contribution in [0.5, 0.6) is 0 Å². The van der Waals surface area contributed by atoms with Gasteiger partial charge in [0.25, 0.3) is 5.91 Å². The van der Waals surface area contributed by atoms with Gasteiger partial charge in [0.05, 0.1) is 0 Å². The quantitative estimate of drug-likeness (QED) is 0.838. The zero-order valence-corrected chi connectivity index (χ0v) is 16.7. The van der Waals surface area contributed by atoms with Gasteiger partial charge in [0.15, 0.2) is 0 Å². The molecule has 2 heterocycles. The van der Waals surface area contributed by atoms with Gasteiger partial charge in [0, 0.05) is 43.2 Å². The Morgan fingerprint density at radius 3 is 2.44 bits per heavy atom. The number of carbonyl (C=O) groups excluding carboxylic acids is 1. The zero-order valence-electron chi connectivity index (χ0n) is 16.7. The third-order valence-electron chi connectivity index (χ3n) is 5.05. The van der Waals surface area contributed by atoms with E-state index in [0.717, 1.165) is 56.0 Å². The van der Waals surface area contributed by atoms with Gasteiger partial charge in [-0.15, -0.1) is 0 Å². The number of hydrogen-bond donors (Lipinski definition) is 1. The van der Waals surface area contributed by atoms with Crippen LogP contribution in [-0.4, -0.2) is 47.0 Å². The molecule has 0 saturated carbocycles. The second kappa shape index (κ2) is 8.37. The summed E-state index contributed by atoms with van der Waals surface area (Å²) in [4.78, 5) is 25.8. The van der Waals surface area contributed by atoms with Gasteiger partial charge in [-0.25, -0.2) is 9.97 Å². The fraction of sp³-hybridized carbons (Fsp3) is 0.476. The number of carbonyl (C=O) groups is 1. The Morgan fingerprint density at radius 1 is 1.11 bits per heavy atom. The van der Waals surface area contributed by atoms with Gasteiger partial charge >= 0.3 is 0 Å². The van der Waals surface area contributed by atoms with Crippen molar-refractivity contribution in [3.05, 3.63) is 41.2 Å². The van der Waals surface area contributed by atoms with Crippen molar-refractivity contribution in [3.63, 3.8) is 0 Å². The summed E-state index contributed by atoms with van der Waals surface area (Å²) in [6, 6.07) is 8.09. The molecule has 1 aliphatic rings. The molecule has 1 saturated heterocycles. The molecular formula is C21H29N5O. The summed E-state index contributed by atoms with van der Waals surface area (Å²) in [6.07, 6.45) is 2.14. The van der Waals surface area contributed by atoms with Crippen LogP contribution in [-0.2, 0) is 0 Å². The number of aromatic nitrogens is 2. The SMILES string of the molecule is CCN(CC)c1ccc(Nc2nc(C)cc(C(=O)N3CCCC3)n2)c(C)c1. The minimum absolute atomic E-state index is 0.00495. The molecule has 3 rings (SSSR count). The van der Waals surface area contributed by atoms with Crippen LogP contribution in [0, 0.1) is 13.8 Å². The van der Waals surface area contributed by atoms with E-state index in [1.54, 1.807) is 6.07 Å². The van der Waals surface area contributed by atoms with Crippen molar-refractivity contribution in [1.29, 1.82) is 0 Å². The van der Waals surface area contributed by atoms with E-state index in [9.17, 15) is 4.79 Å². The summed E-state index contributed by atoms with van der Waals surface area (Å²) < 4.78 is 0. The van der Waals surface area contributed by atoms with Crippen molar-refractivity contribution < 1.29 is 4.79 Å². The van der Waals surface area contributed by atoms with E-state index in [-0.39, 0.29) is 5.91 Å². The van der Waals surface area contributed by atoms with E-state index in [4.69, 9.17) is 0 Å². The molecule has 1 aromatic carbocycles. The normalized spacial score (nSPS) is 13.7. The second-order valence-corrected chi connectivity index (χ2v) is 7.01. The molecule has 6 nitrogen and oxygen atoms in total. The molecule has 1 aromatic heterocycles. The molecule has 0 aliphatic carbocycles. The maximum absolute atomic E-state index is 12.7. The van der Waals surface area contributed by atoms with E-state index in [0.29, 0.717) is 11.6 Å². The Balaban J connectivity index is 1.82. The van der Waals surface area contributed by atoms with Gasteiger partial charge in [0.2, 0.25) is 5.95 Å². The molecule has 1 N–H and O–H groups in total. The van der Waals surface area contributed by atoms with E-state index in [2.05, 4.69) is 59.2 Å². The predicted octanol–water partition coefficient (Wildman–Crippen LogP) is 3.92. The van der Waals surface area contributed by atoms with E-state index in [1.165, 1.54) is 5.69 Å². The molecule has 144 valence electrons. The van der Waals surface area contributed by atoms with Crippen LogP contribution in [0.25, 0.3) is 0 Å². The molecule has 0 spiro atoms. The van der Waals surface area contributed by atoms with E-state index >= 15 is 0 Å². The number of nitrogens with zero attached hydrogens (tertiary/aromatic N) is 4. The fourth-order valence-corrected chi connectivity index (χ4v) is 3.51. The van der Waals surface area contributed by atoms with E-state index in [1.807, 2.05) is 11.8 Å². The van der Waals surface area contributed by atoms with Crippen molar-refractivity contribution in [3.8, 4) is 0 Å². The first kappa shape index (κ1) is 19.1. The van der Waals surface area contributed by atoms with Crippen LogP contribution in [0.2, 0.25) is 0 Å². The van der Waals surface area contributed by atoms with Crippen LogP contribution in [0.1, 0.15) is 48.4 Å². The molecule has 0 unspecified atom stereocenters. The summed E-state index contributed by atoms with van der Waals surface area (Å²) in [5, 5.41) is 3.29. The van der Waals surface area contributed by atoms with Crippen LogP contribution in [0.3, 0.4) is 0 Å². The van der Waals surface area contributed by atoms with Crippen molar-refractivity contribution >= 4 is 23.2 Å². The third-order valence-corrected chi connectivity index (χ3v) is 5.05. The highest BCUT2D eigenvalue weighted by molar-refractivity contribution is 5.93. The number of aryl methyl sites for hydroxylation is 2. The first-order chi connectivity index (χ1) is 13.0. The van der Waals surface area contributed by atoms with Crippen LogP contribution in [0.15, 0.2) is 24.3 Å². The summed E-state index contributed by atoms with van der Waals surface area (Å²) >= 11 is 0. The minimum Gasteiger partial charge on any atom is -0.372 e. The summed E-state index contributed by atoms with van der Waals surface area (Å²) in [7, 11) is 0. The number of hydrogen-bond acceptors (Lipinski definition) is 5. The first-order valence-corrected chi connectivity index (χ1v) is 9.79. The number of rotatable bonds is 6. The number of likely N-dealkylation sites (tertiary alicyclic amines) is 1. The zero-order chi connectivity index (χ0) is 19.4. The van der Waals surface area contributed by atoms with E-state index < -0.39 is 0 Å². The minimum atomic E-state index is -0.00495. The van der Waals surface area contributed by atoms with Crippen LogP contribution >= 0.6 is 0 Å². The summed E-state index contributed by atoms with van der Waals surface area (Å²) in [5.74, 6) is 0.464. The standard InChI is InChI=1S/C21H29N5O/c1-5-25(6-2)17-9-10-18(15(3)13-17)23-21-22-16(4)14-19(24-21)20(27)26-11-7-8-12-26/h9-10,13-14H,5-8,11-12H2,1-4H3,(H,22,23,24). The molecule has 0 atom stereocenters. The largest absolute Gasteiger partial charge is 0.372 e. The van der Waals surface area contributed by atoms with Gasteiger partial charge in [0.1, 0.15) is 5.69 Å².